The number of thiazole rings is 1. The molecule has 37 heavy (non-hydrogen) atoms. The fourth-order valence-electron chi connectivity index (χ4n) is 7.40. The Morgan fingerprint density at radius 1 is 0.919 bits per heavy atom. The maximum atomic E-state index is 13.5. The van der Waals surface area contributed by atoms with Crippen LogP contribution in [0.15, 0.2) is 70.5 Å². The third kappa shape index (κ3) is 3.26. The fourth-order valence-corrected chi connectivity index (χ4v) is 10.6. The number of benzene rings is 2. The normalized spacial score (nSPS) is 31.4. The topological polar surface area (TPSA) is 96.7 Å². The summed E-state index contributed by atoms with van der Waals surface area (Å²) in [6.07, 6.45) is 0.580. The van der Waals surface area contributed by atoms with Crippen LogP contribution in [-0.2, 0) is 14.4 Å². The first kappa shape index (κ1) is 23.0. The Balaban J connectivity index is 1.35. The van der Waals surface area contributed by atoms with E-state index in [-0.39, 0.29) is 58.6 Å². The number of amides is 2. The van der Waals surface area contributed by atoms with Gasteiger partial charge in [0.25, 0.3) is 0 Å². The Kier molecular flexibility index (Phi) is 5.23. The van der Waals surface area contributed by atoms with Gasteiger partial charge in [-0.1, -0.05) is 59.9 Å². The second-order valence-corrected chi connectivity index (χ2v) is 12.5. The molecule has 1 N–H and O–H groups in total. The average molecular weight is 533 g/mol. The molecule has 0 spiro atoms. The maximum absolute atomic E-state index is 13.5. The highest BCUT2D eigenvalue weighted by Gasteiger charge is 2.69. The van der Waals surface area contributed by atoms with Crippen molar-refractivity contribution in [2.45, 2.75) is 29.0 Å². The van der Waals surface area contributed by atoms with Crippen LogP contribution in [0.3, 0.4) is 0 Å². The van der Waals surface area contributed by atoms with Crippen LogP contribution in [0.25, 0.3) is 5.69 Å². The third-order valence-electron chi connectivity index (χ3n) is 8.68. The number of carboxylic acid groups (broad SMARTS) is 1. The van der Waals surface area contributed by atoms with Gasteiger partial charge in [-0.25, -0.2) is 0 Å². The van der Waals surface area contributed by atoms with Crippen LogP contribution in [0.4, 0.5) is 0 Å². The predicted molar refractivity (Wildman–Crippen MR) is 139 cm³/mol. The summed E-state index contributed by atoms with van der Waals surface area (Å²) >= 11 is 2.99. The lowest BCUT2D eigenvalue weighted by atomic mass is 9.68. The number of thioether (sulfide) groups is 1. The first-order chi connectivity index (χ1) is 18.0. The number of nitrogens with zero attached hydrogens (tertiary/aromatic N) is 2. The molecule has 2 aliphatic heterocycles. The zero-order valence-electron chi connectivity index (χ0n) is 19.7. The first-order valence-electron chi connectivity index (χ1n) is 12.6. The van der Waals surface area contributed by atoms with Gasteiger partial charge in [0.15, 0.2) is 0 Å². The molecular weight excluding hydrogens is 508 g/mol. The SMILES string of the molecule is O=C(O)CCN1C(=O)[C@H]2[C@@H]3C[C@@H]([C@@H]2C1=O)[C@H]1[C@@H](c2ccccc2)c2sc(=O)n(-c4ccccc4)c2S[C@H]31. The lowest BCUT2D eigenvalue weighted by Crippen LogP contribution is -2.43. The minimum absolute atomic E-state index is 0.0230. The number of aromatic nitrogens is 1. The number of para-hydroxylation sites is 1. The summed E-state index contributed by atoms with van der Waals surface area (Å²) in [5.74, 6) is -2.08. The number of aliphatic carboxylic acids is 1. The lowest BCUT2D eigenvalue weighted by Gasteiger charge is -2.43. The van der Waals surface area contributed by atoms with E-state index in [1.165, 1.54) is 16.2 Å². The van der Waals surface area contributed by atoms with E-state index in [0.29, 0.717) is 0 Å². The summed E-state index contributed by atoms with van der Waals surface area (Å²) in [5, 5.41) is 10.2. The Morgan fingerprint density at radius 2 is 1.57 bits per heavy atom. The molecule has 2 amide bonds. The maximum Gasteiger partial charge on any atom is 0.312 e. The van der Waals surface area contributed by atoms with Gasteiger partial charge in [0, 0.05) is 22.6 Å². The van der Waals surface area contributed by atoms with Gasteiger partial charge in [0.2, 0.25) is 11.8 Å². The smallest absolute Gasteiger partial charge is 0.312 e. The van der Waals surface area contributed by atoms with Gasteiger partial charge < -0.3 is 5.11 Å². The summed E-state index contributed by atoms with van der Waals surface area (Å²) in [4.78, 5) is 53.6. The van der Waals surface area contributed by atoms with Crippen molar-refractivity contribution in [1.29, 1.82) is 0 Å². The Bertz CT molecular complexity index is 1480. The second-order valence-electron chi connectivity index (χ2n) is 10.3. The third-order valence-corrected chi connectivity index (χ3v) is 11.4. The van der Waals surface area contributed by atoms with Crippen molar-refractivity contribution in [3.8, 4) is 5.69 Å². The molecular formula is C28H24N2O5S2. The lowest BCUT2D eigenvalue weighted by molar-refractivity contribution is -0.142. The molecule has 0 unspecified atom stereocenters. The predicted octanol–water partition coefficient (Wildman–Crippen LogP) is 3.85. The van der Waals surface area contributed by atoms with Gasteiger partial charge in [-0.3, -0.25) is 28.6 Å². The number of carboxylic acids is 1. The zero-order valence-corrected chi connectivity index (χ0v) is 21.4. The van der Waals surface area contributed by atoms with Crippen LogP contribution in [0.5, 0.6) is 0 Å². The van der Waals surface area contributed by atoms with Gasteiger partial charge in [-0.2, -0.15) is 0 Å². The number of hydrogen-bond acceptors (Lipinski definition) is 6. The molecule has 9 heteroatoms. The molecule has 188 valence electrons. The van der Waals surface area contributed by atoms with E-state index >= 15 is 0 Å². The van der Waals surface area contributed by atoms with E-state index in [9.17, 15) is 19.2 Å². The van der Waals surface area contributed by atoms with Gasteiger partial charge >= 0.3 is 10.8 Å². The molecule has 3 heterocycles. The monoisotopic (exact) mass is 532 g/mol. The van der Waals surface area contributed by atoms with E-state index in [4.69, 9.17) is 5.11 Å². The summed E-state index contributed by atoms with van der Waals surface area (Å²) < 4.78 is 1.81. The van der Waals surface area contributed by atoms with Crippen LogP contribution in [0, 0.1) is 29.6 Å². The van der Waals surface area contributed by atoms with Crippen molar-refractivity contribution in [2.24, 2.45) is 29.6 Å². The molecule has 4 aliphatic rings. The van der Waals surface area contributed by atoms with Gasteiger partial charge in [0.1, 0.15) is 0 Å². The van der Waals surface area contributed by atoms with Crippen LogP contribution in [0.1, 0.15) is 29.2 Å². The summed E-state index contributed by atoms with van der Waals surface area (Å²) in [5.41, 5.74) is 1.96. The minimum Gasteiger partial charge on any atom is -0.481 e. The molecule has 1 aromatic heterocycles. The van der Waals surface area contributed by atoms with Gasteiger partial charge in [-0.15, -0.1) is 11.8 Å². The van der Waals surface area contributed by atoms with Crippen molar-refractivity contribution in [1.82, 2.24) is 9.47 Å². The fraction of sp³-hybridized carbons (Fsp3) is 0.357. The highest BCUT2D eigenvalue weighted by Crippen LogP contribution is 2.68. The Hall–Kier alpha value is -3.17. The summed E-state index contributed by atoms with van der Waals surface area (Å²) in [6.45, 7) is -0.0646. The van der Waals surface area contributed by atoms with Gasteiger partial charge in [0.05, 0.1) is 29.0 Å². The van der Waals surface area contributed by atoms with Crippen molar-refractivity contribution >= 4 is 40.9 Å². The molecule has 1 saturated heterocycles. The molecule has 2 bridgehead atoms. The Morgan fingerprint density at radius 3 is 2.24 bits per heavy atom. The van der Waals surface area contributed by atoms with Gasteiger partial charge in [-0.05, 0) is 41.9 Å². The standard InChI is InChI=1S/C28H24N2O5S2/c31-18(32)11-12-29-25(33)21-16-13-17(22(21)26(29)34)23-20(16)19(14-7-3-1-4-8-14)24-27(36-23)30(28(35)37-24)15-9-5-2-6-10-15/h1-10,16-17,19-23H,11-13H2,(H,31,32)/t16-,17+,19-,20+,21+,22+,23-/m1/s1. The van der Waals surface area contributed by atoms with E-state index < -0.39 is 17.8 Å². The molecule has 0 radical (unpaired) electrons. The number of carbonyl (C=O) groups excluding carboxylic acids is 2. The highest BCUT2D eigenvalue weighted by molar-refractivity contribution is 8.00. The molecule has 3 aromatic rings. The Labute approximate surface area is 221 Å². The van der Waals surface area contributed by atoms with Crippen LogP contribution < -0.4 is 4.87 Å². The molecule has 7 atom stereocenters. The van der Waals surface area contributed by atoms with Crippen LogP contribution in [0.2, 0.25) is 0 Å². The van der Waals surface area contributed by atoms with Crippen molar-refractivity contribution in [2.75, 3.05) is 6.54 Å². The number of carbonyl (C=O) groups is 3. The van der Waals surface area contributed by atoms with E-state index in [0.717, 1.165) is 27.6 Å². The first-order valence-corrected chi connectivity index (χ1v) is 14.2. The zero-order chi connectivity index (χ0) is 25.4. The van der Waals surface area contributed by atoms with Crippen LogP contribution >= 0.6 is 23.1 Å². The molecule has 2 saturated carbocycles. The summed E-state index contributed by atoms with van der Waals surface area (Å²) in [7, 11) is 0. The number of rotatable bonds is 5. The molecule has 2 aliphatic carbocycles. The molecule has 2 aromatic carbocycles. The highest BCUT2D eigenvalue weighted by atomic mass is 32.2. The average Bonchev–Trinajstić information content (AvgIpc) is 3.62. The van der Waals surface area contributed by atoms with Crippen molar-refractivity contribution < 1.29 is 19.5 Å². The van der Waals surface area contributed by atoms with Crippen molar-refractivity contribution in [3.05, 3.63) is 80.8 Å². The number of imide groups is 1. The summed E-state index contributed by atoms with van der Waals surface area (Å²) in [6, 6.07) is 19.9. The minimum atomic E-state index is -1.02. The molecule has 7 rings (SSSR count). The largest absolute Gasteiger partial charge is 0.481 e. The quantitative estimate of drug-likeness (QED) is 0.502. The molecule has 7 nitrogen and oxygen atoms in total. The number of hydrogen-bond donors (Lipinski definition) is 1. The van der Waals surface area contributed by atoms with Crippen LogP contribution in [-0.4, -0.2) is 44.2 Å². The van der Waals surface area contributed by atoms with E-state index in [1.54, 1.807) is 16.3 Å². The van der Waals surface area contributed by atoms with E-state index in [1.807, 2.05) is 48.5 Å². The number of fused-ring (bicyclic) bond motifs is 9. The molecule has 3 fully saturated rings. The number of likely N-dealkylation sites (tertiary alicyclic amines) is 1. The second kappa shape index (κ2) is 8.43. The van der Waals surface area contributed by atoms with Crippen molar-refractivity contribution in [3.63, 3.8) is 0 Å². The van der Waals surface area contributed by atoms with E-state index in [2.05, 4.69) is 12.1 Å².